The van der Waals surface area contributed by atoms with Gasteiger partial charge in [0.25, 0.3) is 5.92 Å². The first-order chi connectivity index (χ1) is 5.42. The van der Waals surface area contributed by atoms with Crippen LogP contribution in [-0.4, -0.2) is 17.1 Å². The highest BCUT2D eigenvalue weighted by atomic mass is 19.3. The molecule has 1 rings (SSSR count). The summed E-state index contributed by atoms with van der Waals surface area (Å²) < 4.78 is 25.4. The van der Waals surface area contributed by atoms with Gasteiger partial charge in [0.15, 0.2) is 0 Å². The van der Waals surface area contributed by atoms with Crippen molar-refractivity contribution in [1.29, 1.82) is 0 Å². The standard InChI is InChI=1S/C9H14F2O/c1-6(2)7-3-4-9(10,11)5-8(7)12/h7-8,12H,1,3-5H2,2H3/t7-,8-/m1/s1. The number of alkyl halides is 2. The van der Waals surface area contributed by atoms with Crippen LogP contribution in [0.15, 0.2) is 12.2 Å². The quantitative estimate of drug-likeness (QED) is 0.608. The van der Waals surface area contributed by atoms with Crippen LogP contribution in [0.25, 0.3) is 0 Å². The fourth-order valence-corrected chi connectivity index (χ4v) is 1.68. The molecular formula is C9H14F2O. The van der Waals surface area contributed by atoms with Gasteiger partial charge in [0.2, 0.25) is 0 Å². The molecule has 1 aliphatic carbocycles. The molecule has 0 radical (unpaired) electrons. The third-order valence-corrected chi connectivity index (χ3v) is 2.43. The molecule has 1 fully saturated rings. The number of halogens is 2. The van der Waals surface area contributed by atoms with Gasteiger partial charge in [-0.15, -0.1) is 0 Å². The maximum absolute atomic E-state index is 12.7. The number of hydrogen-bond donors (Lipinski definition) is 1. The molecule has 1 aliphatic rings. The van der Waals surface area contributed by atoms with E-state index in [1.54, 1.807) is 6.92 Å². The van der Waals surface area contributed by atoms with E-state index in [0.717, 1.165) is 5.57 Å². The van der Waals surface area contributed by atoms with Crippen LogP contribution in [0.2, 0.25) is 0 Å². The molecular weight excluding hydrogens is 162 g/mol. The van der Waals surface area contributed by atoms with Crippen molar-refractivity contribution in [3.63, 3.8) is 0 Å². The molecule has 2 atom stereocenters. The fourth-order valence-electron chi connectivity index (χ4n) is 1.68. The van der Waals surface area contributed by atoms with Gasteiger partial charge in [-0.1, -0.05) is 12.2 Å². The molecule has 0 aromatic carbocycles. The molecule has 1 nitrogen and oxygen atoms in total. The molecule has 0 heterocycles. The van der Waals surface area contributed by atoms with E-state index in [-0.39, 0.29) is 12.3 Å². The van der Waals surface area contributed by atoms with Crippen LogP contribution in [0.3, 0.4) is 0 Å². The van der Waals surface area contributed by atoms with Crippen molar-refractivity contribution in [2.24, 2.45) is 5.92 Å². The number of hydrogen-bond acceptors (Lipinski definition) is 1. The Bertz CT molecular complexity index is 189. The molecule has 0 unspecified atom stereocenters. The first-order valence-electron chi connectivity index (χ1n) is 4.14. The van der Waals surface area contributed by atoms with E-state index in [1.165, 1.54) is 0 Å². The van der Waals surface area contributed by atoms with E-state index >= 15 is 0 Å². The molecule has 1 N–H and O–H groups in total. The molecule has 1 saturated carbocycles. The Morgan fingerprint density at radius 2 is 2.17 bits per heavy atom. The van der Waals surface area contributed by atoms with Crippen molar-refractivity contribution in [2.75, 3.05) is 0 Å². The van der Waals surface area contributed by atoms with Crippen molar-refractivity contribution in [3.8, 4) is 0 Å². The van der Waals surface area contributed by atoms with E-state index in [4.69, 9.17) is 0 Å². The summed E-state index contributed by atoms with van der Waals surface area (Å²) in [6.07, 6.45) is -1.10. The lowest BCUT2D eigenvalue weighted by Gasteiger charge is -2.33. The summed E-state index contributed by atoms with van der Waals surface area (Å²) in [6, 6.07) is 0. The van der Waals surface area contributed by atoms with Crippen LogP contribution < -0.4 is 0 Å². The first-order valence-corrected chi connectivity index (χ1v) is 4.14. The van der Waals surface area contributed by atoms with Crippen molar-refractivity contribution >= 4 is 0 Å². The molecule has 0 amide bonds. The number of aliphatic hydroxyl groups excluding tert-OH is 1. The van der Waals surface area contributed by atoms with Gasteiger partial charge < -0.3 is 5.11 Å². The fraction of sp³-hybridized carbons (Fsp3) is 0.778. The average Bonchev–Trinajstić information content (AvgIpc) is 1.83. The van der Waals surface area contributed by atoms with Gasteiger partial charge in [-0.2, -0.15) is 0 Å². The van der Waals surface area contributed by atoms with Gasteiger partial charge in [0.05, 0.1) is 6.10 Å². The molecule has 0 aliphatic heterocycles. The molecule has 70 valence electrons. The maximum atomic E-state index is 12.7. The lowest BCUT2D eigenvalue weighted by molar-refractivity contribution is -0.0909. The summed E-state index contributed by atoms with van der Waals surface area (Å²) in [5, 5.41) is 9.33. The van der Waals surface area contributed by atoms with Gasteiger partial charge in [0.1, 0.15) is 0 Å². The summed E-state index contributed by atoms with van der Waals surface area (Å²) in [6.45, 7) is 5.45. The van der Waals surface area contributed by atoms with Crippen LogP contribution in [0.4, 0.5) is 8.78 Å². The zero-order valence-electron chi connectivity index (χ0n) is 7.19. The minimum atomic E-state index is -2.68. The topological polar surface area (TPSA) is 20.2 Å². The second-order valence-electron chi connectivity index (χ2n) is 3.62. The summed E-state index contributed by atoms with van der Waals surface area (Å²) >= 11 is 0. The van der Waals surface area contributed by atoms with Gasteiger partial charge in [-0.3, -0.25) is 0 Å². The Hall–Kier alpha value is -0.440. The van der Waals surface area contributed by atoms with Crippen molar-refractivity contribution in [3.05, 3.63) is 12.2 Å². The normalized spacial score (nSPS) is 34.7. The van der Waals surface area contributed by atoms with E-state index in [2.05, 4.69) is 6.58 Å². The largest absolute Gasteiger partial charge is 0.392 e. The predicted octanol–water partition coefficient (Wildman–Crippen LogP) is 2.36. The van der Waals surface area contributed by atoms with Crippen molar-refractivity contribution in [2.45, 2.75) is 38.2 Å². The third-order valence-electron chi connectivity index (χ3n) is 2.43. The SMILES string of the molecule is C=C(C)[C@H]1CCC(F)(F)C[C@H]1O. The van der Waals surface area contributed by atoms with Gasteiger partial charge >= 0.3 is 0 Å². The second kappa shape index (κ2) is 3.13. The zero-order valence-corrected chi connectivity index (χ0v) is 7.19. The molecule has 3 heteroatoms. The van der Waals surface area contributed by atoms with Crippen LogP contribution in [0.5, 0.6) is 0 Å². The van der Waals surface area contributed by atoms with Gasteiger partial charge in [-0.25, -0.2) is 8.78 Å². The smallest absolute Gasteiger partial charge is 0.250 e. The molecule has 0 bridgehead atoms. The first kappa shape index (κ1) is 9.65. The third kappa shape index (κ3) is 2.03. The lowest BCUT2D eigenvalue weighted by Crippen LogP contribution is -2.36. The second-order valence-corrected chi connectivity index (χ2v) is 3.62. The zero-order chi connectivity index (χ0) is 9.35. The van der Waals surface area contributed by atoms with E-state index < -0.39 is 18.4 Å². The van der Waals surface area contributed by atoms with E-state index in [1.807, 2.05) is 0 Å². The minimum Gasteiger partial charge on any atom is -0.392 e. The summed E-state index contributed by atoms with van der Waals surface area (Å²) in [7, 11) is 0. The average molecular weight is 176 g/mol. The van der Waals surface area contributed by atoms with Gasteiger partial charge in [-0.05, 0) is 13.3 Å². The summed E-state index contributed by atoms with van der Waals surface area (Å²) in [5.74, 6) is -2.81. The van der Waals surface area contributed by atoms with Crippen LogP contribution in [0.1, 0.15) is 26.2 Å². The minimum absolute atomic E-state index is 0.123. The highest BCUT2D eigenvalue weighted by Gasteiger charge is 2.40. The van der Waals surface area contributed by atoms with Crippen molar-refractivity contribution in [1.82, 2.24) is 0 Å². The predicted molar refractivity (Wildman–Crippen MR) is 43.1 cm³/mol. The number of rotatable bonds is 1. The van der Waals surface area contributed by atoms with Crippen LogP contribution >= 0.6 is 0 Å². The van der Waals surface area contributed by atoms with Crippen LogP contribution in [0, 0.1) is 5.92 Å². The Morgan fingerprint density at radius 3 is 2.58 bits per heavy atom. The highest BCUT2D eigenvalue weighted by Crippen LogP contribution is 2.38. The van der Waals surface area contributed by atoms with Crippen molar-refractivity contribution < 1.29 is 13.9 Å². The molecule has 0 aromatic rings. The summed E-state index contributed by atoms with van der Waals surface area (Å²) in [4.78, 5) is 0. The van der Waals surface area contributed by atoms with Gasteiger partial charge in [0, 0.05) is 18.8 Å². The number of aliphatic hydroxyl groups is 1. The van der Waals surface area contributed by atoms with E-state index in [9.17, 15) is 13.9 Å². The molecule has 0 saturated heterocycles. The molecule has 12 heavy (non-hydrogen) atoms. The Balaban J connectivity index is 2.60. The molecule has 0 spiro atoms. The maximum Gasteiger partial charge on any atom is 0.250 e. The lowest BCUT2D eigenvalue weighted by atomic mass is 9.81. The monoisotopic (exact) mass is 176 g/mol. The Labute approximate surface area is 71.1 Å². The van der Waals surface area contributed by atoms with E-state index in [0.29, 0.717) is 6.42 Å². The van der Waals surface area contributed by atoms with Crippen LogP contribution in [-0.2, 0) is 0 Å². The summed E-state index contributed by atoms with van der Waals surface area (Å²) in [5.41, 5.74) is 0.804. The highest BCUT2D eigenvalue weighted by molar-refractivity contribution is 5.03. The molecule has 0 aromatic heterocycles. The Kier molecular flexibility index (Phi) is 2.52. The Morgan fingerprint density at radius 1 is 1.58 bits per heavy atom.